The summed E-state index contributed by atoms with van der Waals surface area (Å²) >= 11 is 0. The third kappa shape index (κ3) is 4.01. The van der Waals surface area contributed by atoms with Gasteiger partial charge in [0.25, 0.3) is 0 Å². The highest BCUT2D eigenvalue weighted by Crippen LogP contribution is 2.43. The van der Waals surface area contributed by atoms with Gasteiger partial charge in [0.05, 0.1) is 0 Å². The van der Waals surface area contributed by atoms with E-state index in [0.29, 0.717) is 26.2 Å². The van der Waals surface area contributed by atoms with Crippen LogP contribution in [0.25, 0.3) is 0 Å². The number of fused-ring (bicyclic) bond motifs is 1. The molecule has 4 rings (SSSR count). The fraction of sp³-hybridized carbons (Fsp3) is 0.458. The topological polar surface area (TPSA) is 47.6 Å². The Morgan fingerprint density at radius 3 is 2.50 bits per heavy atom. The molecular weight excluding hydrogens is 350 g/mol. The molecule has 0 spiro atoms. The van der Waals surface area contributed by atoms with Gasteiger partial charge in [0.1, 0.15) is 13.2 Å². The first-order valence-corrected chi connectivity index (χ1v) is 10.4. The van der Waals surface area contributed by atoms with E-state index in [9.17, 15) is 4.79 Å². The van der Waals surface area contributed by atoms with Crippen molar-refractivity contribution in [3.05, 3.63) is 59.7 Å². The van der Waals surface area contributed by atoms with Crippen LogP contribution in [-0.4, -0.2) is 25.7 Å². The van der Waals surface area contributed by atoms with Gasteiger partial charge < -0.3 is 14.8 Å². The second kappa shape index (κ2) is 8.26. The Morgan fingerprint density at radius 1 is 1.04 bits per heavy atom. The van der Waals surface area contributed by atoms with Crippen molar-refractivity contribution in [1.82, 2.24) is 5.32 Å². The van der Waals surface area contributed by atoms with Gasteiger partial charge in [0, 0.05) is 18.4 Å². The van der Waals surface area contributed by atoms with E-state index in [0.717, 1.165) is 24.3 Å². The van der Waals surface area contributed by atoms with Crippen molar-refractivity contribution in [1.29, 1.82) is 0 Å². The molecule has 148 valence electrons. The van der Waals surface area contributed by atoms with Gasteiger partial charge >= 0.3 is 0 Å². The summed E-state index contributed by atoms with van der Waals surface area (Å²) in [7, 11) is 0. The lowest BCUT2D eigenvalue weighted by Gasteiger charge is -2.31. The minimum absolute atomic E-state index is 0.00147. The molecule has 2 aromatic carbocycles. The fourth-order valence-corrected chi connectivity index (χ4v) is 4.51. The summed E-state index contributed by atoms with van der Waals surface area (Å²) in [6.07, 6.45) is 5.11. The van der Waals surface area contributed by atoms with E-state index in [-0.39, 0.29) is 17.2 Å². The monoisotopic (exact) mass is 379 g/mol. The van der Waals surface area contributed by atoms with Crippen LogP contribution in [-0.2, 0) is 10.2 Å². The van der Waals surface area contributed by atoms with Crippen molar-refractivity contribution >= 4 is 5.91 Å². The molecule has 1 fully saturated rings. The van der Waals surface area contributed by atoms with Crippen LogP contribution in [0.2, 0.25) is 0 Å². The van der Waals surface area contributed by atoms with Gasteiger partial charge in [0.2, 0.25) is 5.91 Å². The molecule has 1 amide bonds. The number of carbonyl (C=O) groups is 1. The van der Waals surface area contributed by atoms with E-state index in [4.69, 9.17) is 9.47 Å². The lowest BCUT2D eigenvalue weighted by Crippen LogP contribution is -2.39. The van der Waals surface area contributed by atoms with Crippen LogP contribution >= 0.6 is 0 Å². The van der Waals surface area contributed by atoms with Gasteiger partial charge in [-0.1, -0.05) is 56.2 Å². The van der Waals surface area contributed by atoms with Crippen molar-refractivity contribution in [3.8, 4) is 11.5 Å². The number of benzene rings is 2. The van der Waals surface area contributed by atoms with Crippen LogP contribution in [0, 0.1) is 0 Å². The molecule has 1 aliphatic heterocycles. The molecule has 0 aromatic heterocycles. The lowest BCUT2D eigenvalue weighted by molar-refractivity contribution is -0.121. The Morgan fingerprint density at radius 2 is 1.75 bits per heavy atom. The largest absolute Gasteiger partial charge is 0.486 e. The van der Waals surface area contributed by atoms with Crippen LogP contribution in [0.4, 0.5) is 0 Å². The van der Waals surface area contributed by atoms with Crippen LogP contribution in [0.1, 0.15) is 56.1 Å². The first kappa shape index (κ1) is 18.9. The maximum Gasteiger partial charge on any atom is 0.220 e. The molecule has 4 nitrogen and oxygen atoms in total. The Bertz CT molecular complexity index is 812. The molecule has 1 N–H and O–H groups in total. The third-order valence-corrected chi connectivity index (χ3v) is 6.20. The molecule has 1 unspecified atom stereocenters. The minimum Gasteiger partial charge on any atom is -0.486 e. The van der Waals surface area contributed by atoms with Gasteiger partial charge in [-0.15, -0.1) is 0 Å². The second-order valence-corrected chi connectivity index (χ2v) is 8.14. The maximum atomic E-state index is 12.6. The molecule has 4 heteroatoms. The highest BCUT2D eigenvalue weighted by molar-refractivity contribution is 5.77. The van der Waals surface area contributed by atoms with E-state index in [2.05, 4.69) is 36.5 Å². The van der Waals surface area contributed by atoms with Gasteiger partial charge in [-0.2, -0.15) is 0 Å². The summed E-state index contributed by atoms with van der Waals surface area (Å²) in [5.74, 6) is 2.00. The third-order valence-electron chi connectivity index (χ3n) is 6.20. The predicted octanol–water partition coefficient (Wildman–Crippen LogP) is 4.58. The molecule has 1 atom stereocenters. The van der Waals surface area contributed by atoms with Gasteiger partial charge in [-0.25, -0.2) is 0 Å². The lowest BCUT2D eigenvalue weighted by atomic mass is 9.78. The average Bonchev–Trinajstić information content (AvgIpc) is 3.23. The van der Waals surface area contributed by atoms with Crippen molar-refractivity contribution in [2.45, 2.75) is 50.4 Å². The Kier molecular flexibility index (Phi) is 5.56. The summed E-state index contributed by atoms with van der Waals surface area (Å²) in [6, 6.07) is 16.5. The molecule has 1 aliphatic carbocycles. The Hall–Kier alpha value is -2.49. The minimum atomic E-state index is 0.00147. The molecule has 1 saturated carbocycles. The number of ether oxygens (including phenoxy) is 2. The highest BCUT2D eigenvalue weighted by Gasteiger charge is 2.36. The van der Waals surface area contributed by atoms with Gasteiger partial charge in [0.15, 0.2) is 11.5 Å². The van der Waals surface area contributed by atoms with Crippen LogP contribution in [0.5, 0.6) is 11.5 Å². The second-order valence-electron chi connectivity index (χ2n) is 8.14. The Balaban J connectivity index is 1.43. The number of carbonyl (C=O) groups excluding carboxylic acids is 1. The number of rotatable bonds is 6. The summed E-state index contributed by atoms with van der Waals surface area (Å²) in [6.45, 7) is 4.00. The molecule has 0 saturated heterocycles. The number of amides is 1. The van der Waals surface area contributed by atoms with E-state index in [1.807, 2.05) is 24.3 Å². The van der Waals surface area contributed by atoms with Crippen molar-refractivity contribution in [2.24, 2.45) is 0 Å². The smallest absolute Gasteiger partial charge is 0.220 e. The van der Waals surface area contributed by atoms with Gasteiger partial charge in [-0.3, -0.25) is 4.79 Å². The maximum absolute atomic E-state index is 12.6. The van der Waals surface area contributed by atoms with E-state index in [1.54, 1.807) is 0 Å². The summed E-state index contributed by atoms with van der Waals surface area (Å²) < 4.78 is 11.4. The summed E-state index contributed by atoms with van der Waals surface area (Å²) in [5.41, 5.74) is 2.47. The molecule has 0 radical (unpaired) electrons. The van der Waals surface area contributed by atoms with Crippen LogP contribution < -0.4 is 14.8 Å². The predicted molar refractivity (Wildman–Crippen MR) is 110 cm³/mol. The van der Waals surface area contributed by atoms with Crippen molar-refractivity contribution in [3.63, 3.8) is 0 Å². The fourth-order valence-electron chi connectivity index (χ4n) is 4.51. The zero-order valence-electron chi connectivity index (χ0n) is 16.6. The number of hydrogen-bond donors (Lipinski definition) is 1. The zero-order chi connectivity index (χ0) is 19.4. The number of nitrogens with one attached hydrogen (secondary N) is 1. The first-order valence-electron chi connectivity index (χ1n) is 10.4. The molecule has 28 heavy (non-hydrogen) atoms. The van der Waals surface area contributed by atoms with E-state index in [1.165, 1.54) is 24.0 Å². The first-order chi connectivity index (χ1) is 13.7. The molecule has 2 aromatic rings. The molecule has 0 bridgehead atoms. The van der Waals surface area contributed by atoms with Crippen molar-refractivity contribution < 1.29 is 14.3 Å². The van der Waals surface area contributed by atoms with Crippen LogP contribution in [0.3, 0.4) is 0 Å². The van der Waals surface area contributed by atoms with E-state index < -0.39 is 0 Å². The van der Waals surface area contributed by atoms with Crippen LogP contribution in [0.15, 0.2) is 48.5 Å². The SMILES string of the molecule is CC(CC(=O)NCC1(c2ccc3c(c2)OCCO3)CCCC1)c1ccccc1. The summed E-state index contributed by atoms with van der Waals surface area (Å²) in [5, 5.41) is 3.23. The zero-order valence-corrected chi connectivity index (χ0v) is 16.6. The summed E-state index contributed by atoms with van der Waals surface area (Å²) in [4.78, 5) is 12.6. The standard InChI is InChI=1S/C24H29NO3/c1-18(19-7-3-2-4-8-19)15-23(26)25-17-24(11-5-6-12-24)20-9-10-21-22(16-20)28-14-13-27-21/h2-4,7-10,16,18H,5-6,11-15,17H2,1H3,(H,25,26). The number of hydrogen-bond acceptors (Lipinski definition) is 3. The molecule has 1 heterocycles. The molecular formula is C24H29NO3. The van der Waals surface area contributed by atoms with Gasteiger partial charge in [-0.05, 0) is 42.0 Å². The normalized spacial score (nSPS) is 18.5. The molecule has 2 aliphatic rings. The highest BCUT2D eigenvalue weighted by atomic mass is 16.6. The quantitative estimate of drug-likeness (QED) is 0.799. The van der Waals surface area contributed by atoms with Crippen molar-refractivity contribution in [2.75, 3.05) is 19.8 Å². The Labute approximate surface area is 167 Å². The van der Waals surface area contributed by atoms with E-state index >= 15 is 0 Å². The average molecular weight is 380 g/mol.